The summed E-state index contributed by atoms with van der Waals surface area (Å²) in [5.74, 6) is -1.00. The number of aliphatic hydroxyl groups excluding tert-OH is 1. The van der Waals surface area contributed by atoms with Crippen molar-refractivity contribution in [3.8, 4) is 0 Å². The third kappa shape index (κ3) is 5.12. The molecule has 0 saturated carbocycles. The average Bonchev–Trinajstić information content (AvgIpc) is 2.27. The summed E-state index contributed by atoms with van der Waals surface area (Å²) in [6, 6.07) is 9.60. The molecule has 16 heavy (non-hydrogen) atoms. The normalized spacial score (nSPS) is 13.3. The third-order valence-corrected chi connectivity index (χ3v) is 1.95. The second kappa shape index (κ2) is 6.58. The summed E-state index contributed by atoms with van der Waals surface area (Å²) in [7, 11) is 0. The number of hydrogen-bond donors (Lipinski definition) is 2. The molecule has 0 aromatic heterocycles. The number of benzene rings is 1. The highest BCUT2D eigenvalue weighted by Crippen LogP contribution is 2.04. The number of aliphatic hydroxyl groups is 1. The molecule has 84 valence electrons. The molecule has 0 radical (unpaired) electrons. The number of carboxylic acids is 1. The zero-order valence-corrected chi connectivity index (χ0v) is 8.78. The molecule has 0 amide bonds. The van der Waals surface area contributed by atoms with E-state index in [0.717, 1.165) is 11.6 Å². The van der Waals surface area contributed by atoms with E-state index in [1.165, 1.54) is 6.08 Å². The lowest BCUT2D eigenvalue weighted by Gasteiger charge is -2.00. The second-order valence-corrected chi connectivity index (χ2v) is 3.31. The summed E-state index contributed by atoms with van der Waals surface area (Å²) in [6.45, 7) is 0. The smallest absolute Gasteiger partial charge is 0.327 e. The molecule has 1 aromatic carbocycles. The highest BCUT2D eigenvalue weighted by molar-refractivity contribution is 5.79. The maximum atomic E-state index is 10.2. The van der Waals surface area contributed by atoms with E-state index in [2.05, 4.69) is 0 Å². The molecule has 0 aliphatic carbocycles. The maximum absolute atomic E-state index is 10.2. The van der Waals surface area contributed by atoms with E-state index >= 15 is 0 Å². The Morgan fingerprint density at radius 3 is 2.62 bits per heavy atom. The Hall–Kier alpha value is -1.87. The zero-order chi connectivity index (χ0) is 11.8. The van der Waals surface area contributed by atoms with Gasteiger partial charge in [-0.1, -0.05) is 48.6 Å². The highest BCUT2D eigenvalue weighted by Gasteiger charge is 1.95. The van der Waals surface area contributed by atoms with Gasteiger partial charge in [-0.05, 0) is 12.0 Å². The topological polar surface area (TPSA) is 57.5 Å². The first-order valence-electron chi connectivity index (χ1n) is 4.99. The SMILES string of the molecule is O=C(O)C=CCC(O)C=Cc1ccccc1. The Balaban J connectivity index is 2.42. The van der Waals surface area contributed by atoms with E-state index in [0.29, 0.717) is 6.42 Å². The Bertz CT molecular complexity index is 379. The molecular formula is C13H14O3. The van der Waals surface area contributed by atoms with Gasteiger partial charge in [-0.25, -0.2) is 4.79 Å². The number of hydrogen-bond acceptors (Lipinski definition) is 2. The van der Waals surface area contributed by atoms with Crippen molar-refractivity contribution in [2.24, 2.45) is 0 Å². The van der Waals surface area contributed by atoms with Gasteiger partial charge in [0.1, 0.15) is 0 Å². The molecule has 0 saturated heterocycles. The van der Waals surface area contributed by atoms with E-state index in [1.54, 1.807) is 12.2 Å². The largest absolute Gasteiger partial charge is 0.478 e. The van der Waals surface area contributed by atoms with Gasteiger partial charge in [0, 0.05) is 6.08 Å². The van der Waals surface area contributed by atoms with E-state index in [9.17, 15) is 9.90 Å². The number of carbonyl (C=O) groups is 1. The fourth-order valence-electron chi connectivity index (χ4n) is 1.17. The summed E-state index contributed by atoms with van der Waals surface area (Å²) in [4.78, 5) is 10.2. The van der Waals surface area contributed by atoms with Gasteiger partial charge in [-0.15, -0.1) is 0 Å². The van der Waals surface area contributed by atoms with Crippen LogP contribution in [0.1, 0.15) is 12.0 Å². The first kappa shape index (κ1) is 12.2. The minimum atomic E-state index is -1.00. The Morgan fingerprint density at radius 2 is 2.00 bits per heavy atom. The van der Waals surface area contributed by atoms with Crippen molar-refractivity contribution >= 4 is 12.0 Å². The Labute approximate surface area is 94.4 Å². The molecular weight excluding hydrogens is 204 g/mol. The fourth-order valence-corrected chi connectivity index (χ4v) is 1.17. The van der Waals surface area contributed by atoms with Crippen molar-refractivity contribution in [2.45, 2.75) is 12.5 Å². The summed E-state index contributed by atoms with van der Waals surface area (Å²) in [5, 5.41) is 17.8. The number of aliphatic carboxylic acids is 1. The van der Waals surface area contributed by atoms with Crippen LogP contribution >= 0.6 is 0 Å². The van der Waals surface area contributed by atoms with Crippen LogP contribution in [-0.2, 0) is 4.79 Å². The lowest BCUT2D eigenvalue weighted by molar-refractivity contribution is -0.131. The molecule has 1 unspecified atom stereocenters. The fraction of sp³-hybridized carbons (Fsp3) is 0.154. The predicted octanol–water partition coefficient (Wildman–Crippen LogP) is 2.09. The Morgan fingerprint density at radius 1 is 1.31 bits per heavy atom. The van der Waals surface area contributed by atoms with Crippen LogP contribution in [0, 0.1) is 0 Å². The van der Waals surface area contributed by atoms with Gasteiger partial charge in [0.05, 0.1) is 6.10 Å². The summed E-state index contributed by atoms with van der Waals surface area (Å²) >= 11 is 0. The molecule has 0 fully saturated rings. The van der Waals surface area contributed by atoms with Gasteiger partial charge in [0.2, 0.25) is 0 Å². The molecule has 3 nitrogen and oxygen atoms in total. The van der Waals surface area contributed by atoms with Crippen LogP contribution in [0.15, 0.2) is 48.6 Å². The monoisotopic (exact) mass is 218 g/mol. The highest BCUT2D eigenvalue weighted by atomic mass is 16.4. The molecule has 0 aliphatic rings. The van der Waals surface area contributed by atoms with E-state index in [4.69, 9.17) is 5.11 Å². The first-order valence-corrected chi connectivity index (χ1v) is 4.99. The predicted molar refractivity (Wildman–Crippen MR) is 62.9 cm³/mol. The minimum Gasteiger partial charge on any atom is -0.478 e. The van der Waals surface area contributed by atoms with Crippen LogP contribution in [0.5, 0.6) is 0 Å². The molecule has 1 aromatic rings. The van der Waals surface area contributed by atoms with Crippen LogP contribution in [-0.4, -0.2) is 22.3 Å². The second-order valence-electron chi connectivity index (χ2n) is 3.31. The molecule has 0 bridgehead atoms. The summed E-state index contributed by atoms with van der Waals surface area (Å²) in [6.07, 6.45) is 5.55. The first-order chi connectivity index (χ1) is 7.68. The van der Waals surface area contributed by atoms with Gasteiger partial charge < -0.3 is 10.2 Å². The molecule has 3 heteroatoms. The van der Waals surface area contributed by atoms with Gasteiger partial charge in [0.25, 0.3) is 0 Å². The van der Waals surface area contributed by atoms with E-state index < -0.39 is 12.1 Å². The lowest BCUT2D eigenvalue weighted by atomic mass is 10.1. The van der Waals surface area contributed by atoms with E-state index in [-0.39, 0.29) is 0 Å². The van der Waals surface area contributed by atoms with Crippen molar-refractivity contribution in [3.05, 3.63) is 54.1 Å². The van der Waals surface area contributed by atoms with Crippen LogP contribution in [0.3, 0.4) is 0 Å². The average molecular weight is 218 g/mol. The maximum Gasteiger partial charge on any atom is 0.327 e. The molecule has 2 N–H and O–H groups in total. The standard InChI is InChI=1S/C13H14O3/c14-12(7-4-8-13(15)16)10-9-11-5-2-1-3-6-11/h1-6,8-10,12,14H,7H2,(H,15,16). The quantitative estimate of drug-likeness (QED) is 0.744. The molecule has 0 spiro atoms. The van der Waals surface area contributed by atoms with Gasteiger partial charge in [-0.3, -0.25) is 0 Å². The van der Waals surface area contributed by atoms with Crippen molar-refractivity contribution in [2.75, 3.05) is 0 Å². The van der Waals surface area contributed by atoms with E-state index in [1.807, 2.05) is 30.3 Å². The van der Waals surface area contributed by atoms with Crippen molar-refractivity contribution in [1.29, 1.82) is 0 Å². The van der Waals surface area contributed by atoms with Gasteiger partial charge in [0.15, 0.2) is 0 Å². The molecule has 0 aliphatic heterocycles. The molecule has 1 rings (SSSR count). The number of carboxylic acid groups (broad SMARTS) is 1. The minimum absolute atomic E-state index is 0.301. The molecule has 1 atom stereocenters. The Kier molecular flexibility index (Phi) is 5.02. The van der Waals surface area contributed by atoms with Gasteiger partial charge >= 0.3 is 5.97 Å². The van der Waals surface area contributed by atoms with Crippen molar-refractivity contribution < 1.29 is 15.0 Å². The third-order valence-electron chi connectivity index (χ3n) is 1.95. The molecule has 0 heterocycles. The van der Waals surface area contributed by atoms with Crippen molar-refractivity contribution in [3.63, 3.8) is 0 Å². The number of rotatable bonds is 5. The van der Waals surface area contributed by atoms with Crippen LogP contribution < -0.4 is 0 Å². The van der Waals surface area contributed by atoms with Crippen LogP contribution in [0.25, 0.3) is 6.08 Å². The van der Waals surface area contributed by atoms with Crippen LogP contribution in [0.4, 0.5) is 0 Å². The lowest BCUT2D eigenvalue weighted by Crippen LogP contribution is -1.99. The van der Waals surface area contributed by atoms with Crippen molar-refractivity contribution in [1.82, 2.24) is 0 Å². The van der Waals surface area contributed by atoms with Gasteiger partial charge in [-0.2, -0.15) is 0 Å². The van der Waals surface area contributed by atoms with Crippen LogP contribution in [0.2, 0.25) is 0 Å². The summed E-state index contributed by atoms with van der Waals surface area (Å²) < 4.78 is 0. The zero-order valence-electron chi connectivity index (χ0n) is 8.78. The summed E-state index contributed by atoms with van der Waals surface area (Å²) in [5.41, 5.74) is 1.00.